The fourth-order valence-electron chi connectivity index (χ4n) is 1.82. The van der Waals surface area contributed by atoms with Crippen LogP contribution in [0.25, 0.3) is 0 Å². The monoisotopic (exact) mass is 243 g/mol. The second kappa shape index (κ2) is 5.56. The van der Waals surface area contributed by atoms with E-state index in [9.17, 15) is 0 Å². The lowest BCUT2D eigenvalue weighted by Crippen LogP contribution is -1.92. The number of benzene rings is 2. The van der Waals surface area contributed by atoms with Crippen LogP contribution in [-0.4, -0.2) is 11.7 Å². The molecule has 0 aromatic heterocycles. The molecule has 0 heterocycles. The van der Waals surface area contributed by atoms with Gasteiger partial charge < -0.3 is 15.6 Å². The van der Waals surface area contributed by atoms with Crippen LogP contribution in [0.1, 0.15) is 11.1 Å². The van der Waals surface area contributed by atoms with Gasteiger partial charge in [-0.15, -0.1) is 0 Å². The number of anilines is 1. The van der Waals surface area contributed by atoms with E-state index in [2.05, 4.69) is 0 Å². The summed E-state index contributed by atoms with van der Waals surface area (Å²) in [5.74, 6) is 1.50. The van der Waals surface area contributed by atoms with Gasteiger partial charge in [0.2, 0.25) is 0 Å². The molecule has 18 heavy (non-hydrogen) atoms. The molecule has 0 amide bonds. The van der Waals surface area contributed by atoms with Crippen molar-refractivity contribution in [2.45, 2.75) is 13.3 Å². The van der Waals surface area contributed by atoms with Crippen molar-refractivity contribution in [1.82, 2.24) is 0 Å². The van der Waals surface area contributed by atoms with Crippen molar-refractivity contribution in [2.75, 3.05) is 12.3 Å². The molecule has 0 fully saturated rings. The Morgan fingerprint density at radius 1 is 1.06 bits per heavy atom. The summed E-state index contributed by atoms with van der Waals surface area (Å²) in [6, 6.07) is 13.3. The van der Waals surface area contributed by atoms with Crippen LogP contribution >= 0.6 is 0 Å². The molecule has 0 radical (unpaired) electrons. The van der Waals surface area contributed by atoms with E-state index in [-0.39, 0.29) is 6.61 Å². The zero-order valence-corrected chi connectivity index (χ0v) is 10.4. The van der Waals surface area contributed by atoms with Crippen LogP contribution in [0.15, 0.2) is 42.5 Å². The summed E-state index contributed by atoms with van der Waals surface area (Å²) in [6.45, 7) is 2.14. The molecule has 0 bridgehead atoms. The lowest BCUT2D eigenvalue weighted by Gasteiger charge is -2.08. The second-order valence-corrected chi connectivity index (χ2v) is 4.30. The molecule has 0 unspecified atom stereocenters. The highest BCUT2D eigenvalue weighted by Crippen LogP contribution is 2.25. The fourth-order valence-corrected chi connectivity index (χ4v) is 1.82. The number of nitrogen functional groups attached to an aromatic ring is 1. The van der Waals surface area contributed by atoms with Gasteiger partial charge in [-0.05, 0) is 48.7 Å². The fraction of sp³-hybridized carbons (Fsp3) is 0.200. The molecule has 0 aliphatic heterocycles. The van der Waals surface area contributed by atoms with Crippen LogP contribution in [0, 0.1) is 6.92 Å². The van der Waals surface area contributed by atoms with Gasteiger partial charge in [-0.3, -0.25) is 0 Å². The van der Waals surface area contributed by atoms with E-state index in [4.69, 9.17) is 15.6 Å². The van der Waals surface area contributed by atoms with Gasteiger partial charge in [0, 0.05) is 18.4 Å². The lowest BCUT2D eigenvalue weighted by molar-refractivity contribution is 0.299. The van der Waals surface area contributed by atoms with Gasteiger partial charge in [0.1, 0.15) is 11.5 Å². The molecular weight excluding hydrogens is 226 g/mol. The average molecular weight is 243 g/mol. The smallest absolute Gasteiger partial charge is 0.129 e. The van der Waals surface area contributed by atoms with E-state index in [1.165, 1.54) is 0 Å². The lowest BCUT2D eigenvalue weighted by atomic mass is 10.1. The molecule has 0 aliphatic rings. The topological polar surface area (TPSA) is 55.5 Å². The van der Waals surface area contributed by atoms with Gasteiger partial charge in [-0.2, -0.15) is 0 Å². The first kappa shape index (κ1) is 12.5. The van der Waals surface area contributed by atoms with Gasteiger partial charge in [-0.1, -0.05) is 12.1 Å². The quantitative estimate of drug-likeness (QED) is 0.812. The van der Waals surface area contributed by atoms with E-state index in [0.717, 1.165) is 22.6 Å². The standard InChI is InChI=1S/C15H17NO2/c1-11-8-13(16)10-15(9-11)18-14-4-2-12(3-5-14)6-7-17/h2-5,8-10,17H,6-7,16H2,1H3. The first-order valence-corrected chi connectivity index (χ1v) is 5.92. The zero-order chi connectivity index (χ0) is 13.0. The molecule has 3 heteroatoms. The molecule has 3 nitrogen and oxygen atoms in total. The molecule has 0 spiro atoms. The summed E-state index contributed by atoms with van der Waals surface area (Å²) < 4.78 is 5.73. The molecule has 0 aliphatic carbocycles. The van der Waals surface area contributed by atoms with Gasteiger partial charge in [0.15, 0.2) is 0 Å². The maximum atomic E-state index is 8.84. The summed E-state index contributed by atoms with van der Waals surface area (Å²) in [7, 11) is 0. The molecule has 2 aromatic rings. The number of hydrogen-bond acceptors (Lipinski definition) is 3. The number of hydrogen-bond donors (Lipinski definition) is 2. The summed E-state index contributed by atoms with van der Waals surface area (Å²) in [5, 5.41) is 8.84. The van der Waals surface area contributed by atoms with Crippen molar-refractivity contribution in [1.29, 1.82) is 0 Å². The van der Waals surface area contributed by atoms with Crippen molar-refractivity contribution in [3.63, 3.8) is 0 Å². The highest BCUT2D eigenvalue weighted by molar-refractivity contribution is 5.48. The van der Waals surface area contributed by atoms with Crippen LogP contribution in [0.5, 0.6) is 11.5 Å². The summed E-state index contributed by atoms with van der Waals surface area (Å²) in [4.78, 5) is 0. The number of aryl methyl sites for hydroxylation is 1. The Hall–Kier alpha value is -2.00. The third-order valence-corrected chi connectivity index (χ3v) is 2.63. The molecule has 94 valence electrons. The molecule has 3 N–H and O–H groups in total. The van der Waals surface area contributed by atoms with Gasteiger partial charge in [0.05, 0.1) is 0 Å². The molecule has 0 saturated heterocycles. The van der Waals surface area contributed by atoms with E-state index in [1.54, 1.807) is 6.07 Å². The van der Waals surface area contributed by atoms with Crippen molar-refractivity contribution >= 4 is 5.69 Å². The largest absolute Gasteiger partial charge is 0.457 e. The van der Waals surface area contributed by atoms with Gasteiger partial charge in [-0.25, -0.2) is 0 Å². The predicted octanol–water partition coefficient (Wildman–Crippen LogP) is 2.90. The minimum atomic E-state index is 0.161. The highest BCUT2D eigenvalue weighted by Gasteiger charge is 2.00. The van der Waals surface area contributed by atoms with E-state index < -0.39 is 0 Å². The maximum absolute atomic E-state index is 8.84. The minimum absolute atomic E-state index is 0.161. The summed E-state index contributed by atoms with van der Waals surface area (Å²) >= 11 is 0. The van der Waals surface area contributed by atoms with Crippen LogP contribution in [0.4, 0.5) is 5.69 Å². The zero-order valence-electron chi connectivity index (χ0n) is 10.4. The Labute approximate surface area is 107 Å². The third-order valence-electron chi connectivity index (χ3n) is 2.63. The maximum Gasteiger partial charge on any atom is 0.129 e. The highest BCUT2D eigenvalue weighted by atomic mass is 16.5. The second-order valence-electron chi connectivity index (χ2n) is 4.30. The Balaban J connectivity index is 2.13. The first-order valence-electron chi connectivity index (χ1n) is 5.92. The molecule has 2 aromatic carbocycles. The Bertz CT molecular complexity index is 500. The van der Waals surface area contributed by atoms with Crippen LogP contribution < -0.4 is 10.5 Å². The van der Waals surface area contributed by atoms with Crippen molar-refractivity contribution < 1.29 is 9.84 Å². The Kier molecular flexibility index (Phi) is 3.85. The third kappa shape index (κ3) is 3.25. The predicted molar refractivity (Wildman–Crippen MR) is 72.9 cm³/mol. The number of aliphatic hydroxyl groups excluding tert-OH is 1. The minimum Gasteiger partial charge on any atom is -0.457 e. The molecular formula is C15H17NO2. The van der Waals surface area contributed by atoms with E-state index in [0.29, 0.717) is 12.1 Å². The molecule has 0 saturated carbocycles. The Morgan fingerprint density at radius 3 is 2.39 bits per heavy atom. The number of ether oxygens (including phenoxy) is 1. The van der Waals surface area contributed by atoms with Crippen molar-refractivity contribution in [3.8, 4) is 11.5 Å². The average Bonchev–Trinajstić information content (AvgIpc) is 2.31. The molecule has 0 atom stereocenters. The molecule has 2 rings (SSSR count). The number of aliphatic hydroxyl groups is 1. The normalized spacial score (nSPS) is 10.3. The summed E-state index contributed by atoms with van der Waals surface area (Å²) in [5.41, 5.74) is 8.63. The van der Waals surface area contributed by atoms with Crippen LogP contribution in [0.2, 0.25) is 0 Å². The van der Waals surface area contributed by atoms with Gasteiger partial charge >= 0.3 is 0 Å². The van der Waals surface area contributed by atoms with Gasteiger partial charge in [0.25, 0.3) is 0 Å². The van der Waals surface area contributed by atoms with E-state index in [1.807, 2.05) is 43.3 Å². The number of rotatable bonds is 4. The van der Waals surface area contributed by atoms with E-state index >= 15 is 0 Å². The van der Waals surface area contributed by atoms with Crippen LogP contribution in [-0.2, 0) is 6.42 Å². The SMILES string of the molecule is Cc1cc(N)cc(Oc2ccc(CCO)cc2)c1. The first-order chi connectivity index (χ1) is 8.67. The summed E-state index contributed by atoms with van der Waals surface area (Å²) in [6.07, 6.45) is 0.664. The number of nitrogens with two attached hydrogens (primary N) is 1. The Morgan fingerprint density at radius 2 is 1.78 bits per heavy atom. The van der Waals surface area contributed by atoms with Crippen molar-refractivity contribution in [2.24, 2.45) is 0 Å². The van der Waals surface area contributed by atoms with Crippen LogP contribution in [0.3, 0.4) is 0 Å². The van der Waals surface area contributed by atoms with Crippen molar-refractivity contribution in [3.05, 3.63) is 53.6 Å².